The van der Waals surface area contributed by atoms with Gasteiger partial charge in [0.2, 0.25) is 0 Å². The summed E-state index contributed by atoms with van der Waals surface area (Å²) in [4.78, 5) is 16.1. The molecule has 0 saturated carbocycles. The number of piperazine rings is 1. The maximum absolute atomic E-state index is 11.6. The van der Waals surface area contributed by atoms with Crippen molar-refractivity contribution in [3.05, 3.63) is 29.3 Å². The lowest BCUT2D eigenvalue weighted by Gasteiger charge is -2.41. The van der Waals surface area contributed by atoms with E-state index in [1.54, 1.807) is 6.07 Å². The van der Waals surface area contributed by atoms with Gasteiger partial charge in [-0.15, -0.1) is 0 Å². The fourth-order valence-electron chi connectivity index (χ4n) is 2.62. The van der Waals surface area contributed by atoms with Crippen LogP contribution in [-0.2, 0) is 0 Å². The summed E-state index contributed by atoms with van der Waals surface area (Å²) in [6.07, 6.45) is 0. The lowest BCUT2D eigenvalue weighted by Crippen LogP contribution is -2.55. The van der Waals surface area contributed by atoms with E-state index in [2.05, 4.69) is 16.8 Å². The van der Waals surface area contributed by atoms with Crippen molar-refractivity contribution in [2.75, 3.05) is 38.1 Å². The molecule has 0 radical (unpaired) electrons. The van der Waals surface area contributed by atoms with Crippen molar-refractivity contribution in [1.29, 1.82) is 0 Å². The molecule has 5 heteroatoms. The first-order valence-electron chi connectivity index (χ1n) is 6.58. The van der Waals surface area contributed by atoms with Crippen molar-refractivity contribution in [3.8, 4) is 0 Å². The highest BCUT2D eigenvalue weighted by Gasteiger charge is 2.26. The molecule has 1 aliphatic heterocycles. The molecule has 1 heterocycles. The number of carbonyl (C=O) groups is 1. The van der Waals surface area contributed by atoms with Crippen LogP contribution in [0.3, 0.4) is 0 Å². The number of benzene rings is 1. The van der Waals surface area contributed by atoms with E-state index in [0.717, 1.165) is 30.9 Å². The second kappa shape index (κ2) is 5.59. The van der Waals surface area contributed by atoms with E-state index in [0.29, 0.717) is 12.1 Å². The molecule has 1 amide bonds. The zero-order valence-corrected chi connectivity index (χ0v) is 11.6. The summed E-state index contributed by atoms with van der Waals surface area (Å²) >= 11 is 0. The third kappa shape index (κ3) is 2.88. The number of amides is 1. The van der Waals surface area contributed by atoms with Crippen LogP contribution in [-0.4, -0.2) is 50.1 Å². The largest absolute Gasteiger partial charge is 0.366 e. The summed E-state index contributed by atoms with van der Waals surface area (Å²) in [6.45, 7) is 5.31. The Morgan fingerprint density at radius 3 is 2.79 bits per heavy atom. The highest BCUT2D eigenvalue weighted by Crippen LogP contribution is 2.25. The predicted octanol–water partition coefficient (Wildman–Crippen LogP) is 0.173. The molecule has 5 nitrogen and oxygen atoms in total. The molecule has 1 unspecified atom stereocenters. The molecule has 0 bridgehead atoms. The lowest BCUT2D eigenvalue weighted by molar-refractivity contribution is 0.100. The Kier molecular flexibility index (Phi) is 4.07. The molecule has 104 valence electrons. The van der Waals surface area contributed by atoms with E-state index in [1.807, 2.05) is 19.1 Å². The van der Waals surface area contributed by atoms with Gasteiger partial charge in [0.25, 0.3) is 5.91 Å². The number of hydrogen-bond acceptors (Lipinski definition) is 4. The van der Waals surface area contributed by atoms with Gasteiger partial charge in [-0.25, -0.2) is 0 Å². The Morgan fingerprint density at radius 1 is 1.42 bits per heavy atom. The summed E-state index contributed by atoms with van der Waals surface area (Å²) in [5, 5.41) is 0. The van der Waals surface area contributed by atoms with Gasteiger partial charge in [0.1, 0.15) is 0 Å². The van der Waals surface area contributed by atoms with Gasteiger partial charge in [0.15, 0.2) is 0 Å². The minimum absolute atomic E-state index is 0.221. The molecule has 2 rings (SSSR count). The van der Waals surface area contributed by atoms with Crippen LogP contribution < -0.4 is 16.4 Å². The Bertz CT molecular complexity index is 475. The average molecular weight is 262 g/mol. The van der Waals surface area contributed by atoms with Crippen LogP contribution in [0, 0.1) is 6.92 Å². The van der Waals surface area contributed by atoms with Crippen molar-refractivity contribution >= 4 is 11.6 Å². The molecule has 1 aromatic carbocycles. The molecule has 0 spiro atoms. The van der Waals surface area contributed by atoms with Crippen LogP contribution in [0.4, 0.5) is 5.69 Å². The zero-order valence-electron chi connectivity index (χ0n) is 11.6. The first-order valence-corrected chi connectivity index (χ1v) is 6.58. The third-order valence-corrected chi connectivity index (χ3v) is 3.69. The molecule has 1 aliphatic rings. The average Bonchev–Trinajstić information content (AvgIpc) is 2.38. The lowest BCUT2D eigenvalue weighted by atomic mass is 10.0. The fourth-order valence-corrected chi connectivity index (χ4v) is 2.62. The van der Waals surface area contributed by atoms with E-state index in [-0.39, 0.29) is 11.9 Å². The van der Waals surface area contributed by atoms with Gasteiger partial charge in [0.05, 0.1) is 17.3 Å². The number of rotatable bonds is 3. The molecule has 1 fully saturated rings. The van der Waals surface area contributed by atoms with Crippen molar-refractivity contribution in [2.45, 2.75) is 13.0 Å². The quantitative estimate of drug-likeness (QED) is 0.814. The fraction of sp³-hybridized carbons (Fsp3) is 0.500. The van der Waals surface area contributed by atoms with E-state index in [1.165, 1.54) is 0 Å². The Morgan fingerprint density at radius 2 is 2.16 bits per heavy atom. The van der Waals surface area contributed by atoms with E-state index in [4.69, 9.17) is 11.5 Å². The highest BCUT2D eigenvalue weighted by atomic mass is 16.1. The zero-order chi connectivity index (χ0) is 14.0. The van der Waals surface area contributed by atoms with E-state index >= 15 is 0 Å². The van der Waals surface area contributed by atoms with Crippen molar-refractivity contribution < 1.29 is 4.79 Å². The molecule has 4 N–H and O–H groups in total. The highest BCUT2D eigenvalue weighted by molar-refractivity contribution is 5.98. The molecular weight excluding hydrogens is 240 g/mol. The molecule has 0 aromatic heterocycles. The first kappa shape index (κ1) is 13.8. The summed E-state index contributed by atoms with van der Waals surface area (Å²) in [5.74, 6) is -0.385. The number of nitrogens with zero attached hydrogens (tertiary/aromatic N) is 2. The van der Waals surface area contributed by atoms with Crippen molar-refractivity contribution in [1.82, 2.24) is 4.90 Å². The molecule has 0 aliphatic carbocycles. The topological polar surface area (TPSA) is 75.6 Å². The summed E-state index contributed by atoms with van der Waals surface area (Å²) in [5.41, 5.74) is 14.0. The van der Waals surface area contributed by atoms with E-state index < -0.39 is 0 Å². The summed E-state index contributed by atoms with van der Waals surface area (Å²) in [6, 6.07) is 5.96. The van der Waals surface area contributed by atoms with Gasteiger partial charge in [-0.3, -0.25) is 4.79 Å². The normalized spacial score (nSPS) is 20.6. The molecule has 1 saturated heterocycles. The maximum atomic E-state index is 11.6. The number of anilines is 1. The monoisotopic (exact) mass is 262 g/mol. The third-order valence-electron chi connectivity index (χ3n) is 3.69. The molecule has 1 aromatic rings. The minimum atomic E-state index is -0.385. The maximum Gasteiger partial charge on any atom is 0.250 e. The second-order valence-corrected chi connectivity index (χ2v) is 5.23. The summed E-state index contributed by atoms with van der Waals surface area (Å²) in [7, 11) is 2.09. The van der Waals surface area contributed by atoms with Crippen LogP contribution in [0.25, 0.3) is 0 Å². The number of nitrogens with two attached hydrogens (primary N) is 2. The van der Waals surface area contributed by atoms with Crippen LogP contribution in [0.2, 0.25) is 0 Å². The van der Waals surface area contributed by atoms with Gasteiger partial charge in [-0.1, -0.05) is 6.07 Å². The summed E-state index contributed by atoms with van der Waals surface area (Å²) < 4.78 is 0. The number of carbonyl (C=O) groups excluding carboxylic acids is 1. The van der Waals surface area contributed by atoms with Gasteiger partial charge in [0, 0.05) is 26.2 Å². The van der Waals surface area contributed by atoms with Crippen LogP contribution in [0.5, 0.6) is 0 Å². The SMILES string of the molecule is Cc1ccc(C(N)=O)c(N2CCN(C)CC2CN)c1. The Labute approximate surface area is 114 Å². The van der Waals surface area contributed by atoms with E-state index in [9.17, 15) is 4.79 Å². The minimum Gasteiger partial charge on any atom is -0.366 e. The van der Waals surface area contributed by atoms with Crippen LogP contribution in [0.15, 0.2) is 18.2 Å². The predicted molar refractivity (Wildman–Crippen MR) is 77.4 cm³/mol. The Balaban J connectivity index is 2.39. The van der Waals surface area contributed by atoms with Crippen LogP contribution in [0.1, 0.15) is 15.9 Å². The number of likely N-dealkylation sites (N-methyl/N-ethyl adjacent to an activating group) is 1. The van der Waals surface area contributed by atoms with Gasteiger partial charge >= 0.3 is 0 Å². The van der Waals surface area contributed by atoms with Crippen molar-refractivity contribution in [3.63, 3.8) is 0 Å². The first-order chi connectivity index (χ1) is 9.02. The number of primary amides is 1. The van der Waals surface area contributed by atoms with Gasteiger partial charge in [-0.05, 0) is 31.7 Å². The van der Waals surface area contributed by atoms with Gasteiger partial charge in [-0.2, -0.15) is 0 Å². The smallest absolute Gasteiger partial charge is 0.250 e. The molecule has 19 heavy (non-hydrogen) atoms. The second-order valence-electron chi connectivity index (χ2n) is 5.23. The number of hydrogen-bond donors (Lipinski definition) is 2. The number of aryl methyl sites for hydroxylation is 1. The Hall–Kier alpha value is -1.59. The van der Waals surface area contributed by atoms with Crippen molar-refractivity contribution in [2.24, 2.45) is 11.5 Å². The van der Waals surface area contributed by atoms with Crippen LogP contribution >= 0.6 is 0 Å². The van der Waals surface area contributed by atoms with Gasteiger partial charge < -0.3 is 21.3 Å². The molecule has 1 atom stereocenters. The standard InChI is InChI=1S/C14H22N4O/c1-10-3-4-12(14(16)19)13(7-10)18-6-5-17(2)9-11(18)8-15/h3-4,7,11H,5-6,8-9,15H2,1-2H3,(H2,16,19). The molecular formula is C14H22N4O.